The SMILES string of the molecule is CC1CN(C)C(=O)c2cccc(NC(=O)C3CCNCC3)c2OC1CN(C)Cc1ccc(Oc2ccccc2)cc1. The minimum absolute atomic E-state index is 0.0206. The van der Waals surface area contributed by atoms with E-state index in [1.54, 1.807) is 11.0 Å². The molecule has 3 aromatic rings. The molecular formula is C33H40N4O4. The molecule has 2 N–H and O–H groups in total. The number of benzene rings is 3. The number of nitrogens with one attached hydrogen (secondary N) is 2. The number of para-hydroxylation sites is 2. The minimum Gasteiger partial charge on any atom is -0.486 e. The van der Waals surface area contributed by atoms with E-state index in [1.165, 1.54) is 0 Å². The van der Waals surface area contributed by atoms with Gasteiger partial charge in [-0.25, -0.2) is 0 Å². The summed E-state index contributed by atoms with van der Waals surface area (Å²) in [5.74, 6) is 1.96. The number of carbonyl (C=O) groups is 2. The van der Waals surface area contributed by atoms with Gasteiger partial charge >= 0.3 is 0 Å². The third-order valence-corrected chi connectivity index (χ3v) is 7.87. The van der Waals surface area contributed by atoms with E-state index in [-0.39, 0.29) is 29.8 Å². The van der Waals surface area contributed by atoms with Crippen molar-refractivity contribution in [1.82, 2.24) is 15.1 Å². The number of amides is 2. The molecule has 0 spiro atoms. The summed E-state index contributed by atoms with van der Waals surface area (Å²) in [6.07, 6.45) is 1.41. The van der Waals surface area contributed by atoms with Gasteiger partial charge in [0.1, 0.15) is 17.6 Å². The fraction of sp³-hybridized carbons (Fsp3) is 0.394. The number of rotatable bonds is 8. The van der Waals surface area contributed by atoms with Crippen LogP contribution in [0.3, 0.4) is 0 Å². The van der Waals surface area contributed by atoms with Crippen LogP contribution >= 0.6 is 0 Å². The maximum Gasteiger partial charge on any atom is 0.257 e. The van der Waals surface area contributed by atoms with E-state index in [0.717, 1.165) is 49.5 Å². The first-order valence-electron chi connectivity index (χ1n) is 14.4. The maximum absolute atomic E-state index is 13.3. The molecule has 8 nitrogen and oxygen atoms in total. The average molecular weight is 557 g/mol. The second-order valence-electron chi connectivity index (χ2n) is 11.3. The van der Waals surface area contributed by atoms with Gasteiger partial charge in [-0.15, -0.1) is 0 Å². The van der Waals surface area contributed by atoms with Crippen molar-refractivity contribution < 1.29 is 19.1 Å². The first-order chi connectivity index (χ1) is 19.9. The zero-order valence-electron chi connectivity index (χ0n) is 24.1. The summed E-state index contributed by atoms with van der Waals surface area (Å²) in [7, 11) is 3.90. The molecule has 41 heavy (non-hydrogen) atoms. The van der Waals surface area contributed by atoms with Crippen LogP contribution in [-0.4, -0.2) is 68.0 Å². The van der Waals surface area contributed by atoms with Crippen LogP contribution in [0.4, 0.5) is 5.69 Å². The van der Waals surface area contributed by atoms with Gasteiger partial charge in [-0.2, -0.15) is 0 Å². The first-order valence-corrected chi connectivity index (χ1v) is 14.4. The molecule has 0 aromatic heterocycles. The van der Waals surface area contributed by atoms with Crippen LogP contribution in [0.2, 0.25) is 0 Å². The third kappa shape index (κ3) is 7.26. The van der Waals surface area contributed by atoms with Crippen LogP contribution in [0, 0.1) is 11.8 Å². The Morgan fingerprint density at radius 2 is 1.73 bits per heavy atom. The molecule has 0 bridgehead atoms. The molecule has 2 unspecified atom stereocenters. The third-order valence-electron chi connectivity index (χ3n) is 7.87. The van der Waals surface area contributed by atoms with Gasteiger partial charge in [0.2, 0.25) is 5.91 Å². The number of anilines is 1. The zero-order chi connectivity index (χ0) is 28.8. The smallest absolute Gasteiger partial charge is 0.257 e. The zero-order valence-corrected chi connectivity index (χ0v) is 24.1. The van der Waals surface area contributed by atoms with E-state index in [0.29, 0.717) is 30.1 Å². The van der Waals surface area contributed by atoms with Gasteiger partial charge in [-0.3, -0.25) is 14.5 Å². The van der Waals surface area contributed by atoms with Crippen LogP contribution in [0.15, 0.2) is 72.8 Å². The summed E-state index contributed by atoms with van der Waals surface area (Å²) in [6.45, 7) is 5.74. The maximum atomic E-state index is 13.3. The van der Waals surface area contributed by atoms with E-state index in [2.05, 4.69) is 41.6 Å². The van der Waals surface area contributed by atoms with E-state index < -0.39 is 0 Å². The summed E-state index contributed by atoms with van der Waals surface area (Å²) < 4.78 is 12.6. The number of nitrogens with zero attached hydrogens (tertiary/aromatic N) is 2. The Bertz CT molecular complexity index is 1320. The molecule has 1 saturated heterocycles. The summed E-state index contributed by atoms with van der Waals surface area (Å²) in [4.78, 5) is 30.4. The van der Waals surface area contributed by atoms with Crippen LogP contribution in [0.25, 0.3) is 0 Å². The lowest BCUT2D eigenvalue weighted by molar-refractivity contribution is -0.120. The summed E-state index contributed by atoms with van der Waals surface area (Å²) >= 11 is 0. The molecule has 1 fully saturated rings. The molecule has 3 aromatic carbocycles. The molecular weight excluding hydrogens is 516 g/mol. The first kappa shape index (κ1) is 28.6. The van der Waals surface area contributed by atoms with Crippen molar-refractivity contribution in [2.45, 2.75) is 32.4 Å². The monoisotopic (exact) mass is 556 g/mol. The van der Waals surface area contributed by atoms with Crippen LogP contribution in [0.5, 0.6) is 17.2 Å². The highest BCUT2D eigenvalue weighted by molar-refractivity contribution is 6.01. The number of hydrogen-bond donors (Lipinski definition) is 2. The lowest BCUT2D eigenvalue weighted by Gasteiger charge is -2.35. The number of piperidine rings is 1. The van der Waals surface area contributed by atoms with Gasteiger partial charge in [-0.05, 0) is 74.9 Å². The number of carbonyl (C=O) groups excluding carboxylic acids is 2. The number of hydrogen-bond acceptors (Lipinski definition) is 6. The lowest BCUT2D eigenvalue weighted by Crippen LogP contribution is -2.45. The molecule has 2 aliphatic heterocycles. The molecule has 5 rings (SSSR count). The lowest BCUT2D eigenvalue weighted by atomic mass is 9.97. The van der Waals surface area contributed by atoms with Gasteiger partial charge < -0.3 is 25.0 Å². The van der Waals surface area contributed by atoms with Gasteiger partial charge in [-0.1, -0.05) is 43.3 Å². The largest absolute Gasteiger partial charge is 0.486 e. The molecule has 0 saturated carbocycles. The van der Waals surface area contributed by atoms with E-state index in [9.17, 15) is 9.59 Å². The fourth-order valence-electron chi connectivity index (χ4n) is 5.54. The topological polar surface area (TPSA) is 83.1 Å². The van der Waals surface area contributed by atoms with Crippen molar-refractivity contribution in [2.75, 3.05) is 45.6 Å². The van der Waals surface area contributed by atoms with E-state index in [4.69, 9.17) is 9.47 Å². The Morgan fingerprint density at radius 3 is 2.46 bits per heavy atom. The van der Waals surface area contributed by atoms with Gasteiger partial charge in [0, 0.05) is 38.5 Å². The van der Waals surface area contributed by atoms with Crippen molar-refractivity contribution in [2.24, 2.45) is 11.8 Å². The average Bonchev–Trinajstić information content (AvgIpc) is 2.98. The molecule has 216 valence electrons. The predicted molar refractivity (Wildman–Crippen MR) is 160 cm³/mol. The fourth-order valence-corrected chi connectivity index (χ4v) is 5.54. The standard InChI is InChI=1S/C33H40N4O4/c1-23-20-37(3)33(39)28-10-7-11-29(35-32(38)25-16-18-34-19-17-25)31(28)41-30(23)22-36(2)21-24-12-14-27(15-13-24)40-26-8-5-4-6-9-26/h4-15,23,25,30,34H,16-22H2,1-3H3,(H,35,38). The van der Waals surface area contributed by atoms with Crippen LogP contribution in [0.1, 0.15) is 35.7 Å². The summed E-state index contributed by atoms with van der Waals surface area (Å²) in [5.41, 5.74) is 2.20. The molecule has 2 atom stereocenters. The van der Waals surface area contributed by atoms with E-state index >= 15 is 0 Å². The minimum atomic E-state index is -0.188. The second kappa shape index (κ2) is 13.2. The quantitative estimate of drug-likeness (QED) is 0.406. The molecule has 0 radical (unpaired) electrons. The Labute approximate surface area is 242 Å². The molecule has 2 heterocycles. The van der Waals surface area contributed by atoms with Crippen molar-refractivity contribution >= 4 is 17.5 Å². The molecule has 2 aliphatic rings. The van der Waals surface area contributed by atoms with Crippen molar-refractivity contribution in [3.8, 4) is 17.2 Å². The van der Waals surface area contributed by atoms with Crippen molar-refractivity contribution in [3.05, 3.63) is 83.9 Å². The Kier molecular flexibility index (Phi) is 9.21. The summed E-state index contributed by atoms with van der Waals surface area (Å²) in [5, 5.41) is 6.39. The molecule has 2 amide bonds. The van der Waals surface area contributed by atoms with Gasteiger partial charge in [0.15, 0.2) is 5.75 Å². The number of fused-ring (bicyclic) bond motifs is 1. The van der Waals surface area contributed by atoms with E-state index in [1.807, 2.05) is 61.6 Å². The highest BCUT2D eigenvalue weighted by Gasteiger charge is 2.32. The second-order valence-corrected chi connectivity index (χ2v) is 11.3. The Balaban J connectivity index is 1.29. The molecule has 0 aliphatic carbocycles. The van der Waals surface area contributed by atoms with Crippen molar-refractivity contribution in [1.29, 1.82) is 0 Å². The van der Waals surface area contributed by atoms with Crippen molar-refractivity contribution in [3.63, 3.8) is 0 Å². The predicted octanol–water partition coefficient (Wildman–Crippen LogP) is 5.02. The Morgan fingerprint density at radius 1 is 1.02 bits per heavy atom. The number of likely N-dealkylation sites (N-methyl/N-ethyl adjacent to an activating group) is 1. The number of ether oxygens (including phenoxy) is 2. The Hall–Kier alpha value is -3.88. The highest BCUT2D eigenvalue weighted by Crippen LogP contribution is 2.35. The van der Waals surface area contributed by atoms with Crippen LogP contribution in [-0.2, 0) is 11.3 Å². The summed E-state index contributed by atoms with van der Waals surface area (Å²) in [6, 6.07) is 23.3. The van der Waals surface area contributed by atoms with Crippen LogP contribution < -0.4 is 20.1 Å². The van der Waals surface area contributed by atoms with Gasteiger partial charge in [0.25, 0.3) is 5.91 Å². The normalized spacial score (nSPS) is 19.6. The highest BCUT2D eigenvalue weighted by atomic mass is 16.5. The molecule has 8 heteroatoms. The van der Waals surface area contributed by atoms with Gasteiger partial charge in [0.05, 0.1) is 11.3 Å².